The van der Waals surface area contributed by atoms with Crippen molar-refractivity contribution in [3.05, 3.63) is 28.0 Å². The second kappa shape index (κ2) is 7.24. The van der Waals surface area contributed by atoms with Gasteiger partial charge in [0.05, 0.1) is 24.2 Å². The van der Waals surface area contributed by atoms with Gasteiger partial charge in [0.2, 0.25) is 0 Å². The van der Waals surface area contributed by atoms with Crippen molar-refractivity contribution in [2.45, 2.75) is 12.2 Å². The molecule has 1 N–H and O–H groups in total. The lowest BCUT2D eigenvalue weighted by molar-refractivity contribution is -0.175. The number of alkyl halides is 3. The van der Waals surface area contributed by atoms with Crippen molar-refractivity contribution in [1.29, 1.82) is 0 Å². The van der Waals surface area contributed by atoms with Gasteiger partial charge >= 0.3 is 6.18 Å². The van der Waals surface area contributed by atoms with Gasteiger partial charge in [0, 0.05) is 11.6 Å². The summed E-state index contributed by atoms with van der Waals surface area (Å²) < 4.78 is 59.4. The molecule has 1 atom stereocenters. The van der Waals surface area contributed by atoms with Gasteiger partial charge in [-0.25, -0.2) is 4.39 Å². The number of likely N-dealkylation sites (N-methyl/N-ethyl adjacent to an activating group) is 1. The zero-order valence-electron chi connectivity index (χ0n) is 10.9. The maximum atomic E-state index is 13.4. The van der Waals surface area contributed by atoms with Crippen LogP contribution in [0.3, 0.4) is 0 Å². The molecule has 1 aromatic rings. The lowest BCUT2D eigenvalue weighted by atomic mass is 10.1. The van der Waals surface area contributed by atoms with Gasteiger partial charge < -0.3 is 14.8 Å². The summed E-state index contributed by atoms with van der Waals surface area (Å²) in [7, 11) is 2.92. The summed E-state index contributed by atoms with van der Waals surface area (Å²) in [5.41, 5.74) is 0.505. The Kier molecular flexibility index (Phi) is 6.22. The van der Waals surface area contributed by atoms with E-state index in [1.807, 2.05) is 0 Å². The van der Waals surface area contributed by atoms with Gasteiger partial charge in [-0.2, -0.15) is 13.2 Å². The molecule has 0 aliphatic carbocycles. The number of nitrogens with one attached hydrogen (secondary N) is 1. The predicted octanol–water partition coefficient (Wildman–Crippen LogP) is 3.44. The first-order chi connectivity index (χ1) is 9.28. The largest absolute Gasteiger partial charge is 0.496 e. The summed E-state index contributed by atoms with van der Waals surface area (Å²) in [5, 5.41) is 2.81. The summed E-state index contributed by atoms with van der Waals surface area (Å²) in [6.45, 7) is -1.56. The van der Waals surface area contributed by atoms with Crippen molar-refractivity contribution in [2.24, 2.45) is 0 Å². The Hall–Kier alpha value is -0.860. The average molecular weight is 360 g/mol. The molecule has 3 nitrogen and oxygen atoms in total. The fourth-order valence-electron chi connectivity index (χ4n) is 1.61. The Balaban J connectivity index is 2.86. The van der Waals surface area contributed by atoms with Gasteiger partial charge in [0.25, 0.3) is 0 Å². The lowest BCUT2D eigenvalue weighted by Gasteiger charge is -2.20. The molecule has 8 heteroatoms. The standard InChI is InChI=1S/C12H14BrF4NO2/c1-18-10(5-20-6-12(15,16)17)7-3-8(13)9(14)4-11(7)19-2/h3-4,10,18H,5-6H2,1-2H3. The highest BCUT2D eigenvalue weighted by Crippen LogP contribution is 2.31. The number of halogens is 5. The number of ether oxygens (including phenoxy) is 2. The second-order valence-corrected chi connectivity index (χ2v) is 4.83. The van der Waals surface area contributed by atoms with E-state index in [2.05, 4.69) is 26.0 Å². The van der Waals surface area contributed by atoms with Crippen LogP contribution in [0.4, 0.5) is 17.6 Å². The quantitative estimate of drug-likeness (QED) is 0.789. The van der Waals surface area contributed by atoms with Crippen LogP contribution in [0.5, 0.6) is 5.75 Å². The van der Waals surface area contributed by atoms with Gasteiger partial charge in [-0.15, -0.1) is 0 Å². The third kappa shape index (κ3) is 4.92. The van der Waals surface area contributed by atoms with Gasteiger partial charge in [0.15, 0.2) is 0 Å². The van der Waals surface area contributed by atoms with E-state index in [-0.39, 0.29) is 16.8 Å². The van der Waals surface area contributed by atoms with E-state index < -0.39 is 24.6 Å². The smallest absolute Gasteiger partial charge is 0.411 e. The normalized spacial score (nSPS) is 13.3. The molecular weight excluding hydrogens is 346 g/mol. The highest BCUT2D eigenvalue weighted by atomic mass is 79.9. The molecule has 20 heavy (non-hydrogen) atoms. The van der Waals surface area contributed by atoms with Crippen LogP contribution in [0, 0.1) is 5.82 Å². The maximum Gasteiger partial charge on any atom is 0.411 e. The molecule has 0 heterocycles. The van der Waals surface area contributed by atoms with Crippen molar-refractivity contribution in [2.75, 3.05) is 27.4 Å². The lowest BCUT2D eigenvalue weighted by Crippen LogP contribution is -2.26. The van der Waals surface area contributed by atoms with Gasteiger partial charge in [-0.1, -0.05) is 0 Å². The van der Waals surface area contributed by atoms with Gasteiger partial charge in [-0.3, -0.25) is 0 Å². The van der Waals surface area contributed by atoms with Crippen LogP contribution in [0.15, 0.2) is 16.6 Å². The molecule has 0 aliphatic rings. The van der Waals surface area contributed by atoms with Crippen molar-refractivity contribution < 1.29 is 27.0 Å². The number of rotatable bonds is 6. The van der Waals surface area contributed by atoms with Crippen LogP contribution in [-0.4, -0.2) is 33.5 Å². The highest BCUT2D eigenvalue weighted by molar-refractivity contribution is 9.10. The van der Waals surface area contributed by atoms with Crippen LogP contribution in [0.2, 0.25) is 0 Å². The van der Waals surface area contributed by atoms with Gasteiger partial charge in [-0.05, 0) is 29.0 Å². The summed E-state index contributed by atoms with van der Waals surface area (Å²) in [6.07, 6.45) is -4.38. The zero-order valence-corrected chi connectivity index (χ0v) is 12.4. The molecule has 0 fully saturated rings. The summed E-state index contributed by atoms with van der Waals surface area (Å²) in [4.78, 5) is 0. The second-order valence-electron chi connectivity index (χ2n) is 3.98. The molecule has 114 valence electrons. The average Bonchev–Trinajstić information content (AvgIpc) is 2.36. The van der Waals surface area contributed by atoms with E-state index in [1.165, 1.54) is 13.2 Å². The Morgan fingerprint density at radius 1 is 1.35 bits per heavy atom. The van der Waals surface area contributed by atoms with E-state index in [4.69, 9.17) is 4.74 Å². The van der Waals surface area contributed by atoms with Crippen molar-refractivity contribution in [3.8, 4) is 5.75 Å². The van der Waals surface area contributed by atoms with Crippen LogP contribution < -0.4 is 10.1 Å². The minimum absolute atomic E-state index is 0.198. The summed E-state index contributed by atoms with van der Waals surface area (Å²) in [6, 6.07) is 2.06. The van der Waals surface area contributed by atoms with E-state index in [0.717, 1.165) is 6.07 Å². The van der Waals surface area contributed by atoms with Gasteiger partial charge in [0.1, 0.15) is 18.2 Å². The van der Waals surface area contributed by atoms with Crippen molar-refractivity contribution in [1.82, 2.24) is 5.32 Å². The summed E-state index contributed by atoms with van der Waals surface area (Å²) in [5.74, 6) is -0.280. The van der Waals surface area contributed by atoms with E-state index in [9.17, 15) is 17.6 Å². The zero-order chi connectivity index (χ0) is 15.3. The number of methoxy groups -OCH3 is 1. The number of hydrogen-bond donors (Lipinski definition) is 1. The molecular formula is C12H14BrF4NO2. The highest BCUT2D eigenvalue weighted by Gasteiger charge is 2.28. The number of benzene rings is 1. The molecule has 1 unspecified atom stereocenters. The molecule has 0 bridgehead atoms. The third-order valence-electron chi connectivity index (χ3n) is 2.55. The Morgan fingerprint density at radius 3 is 2.50 bits per heavy atom. The maximum absolute atomic E-state index is 13.4. The fourth-order valence-corrected chi connectivity index (χ4v) is 1.98. The van der Waals surface area contributed by atoms with Crippen LogP contribution >= 0.6 is 15.9 Å². The molecule has 0 amide bonds. The van der Waals surface area contributed by atoms with Crippen molar-refractivity contribution >= 4 is 15.9 Å². The molecule has 0 aliphatic heterocycles. The van der Waals surface area contributed by atoms with Crippen LogP contribution in [0.1, 0.15) is 11.6 Å². The molecule has 1 rings (SSSR count). The first kappa shape index (κ1) is 17.2. The predicted molar refractivity (Wildman–Crippen MR) is 69.3 cm³/mol. The van der Waals surface area contributed by atoms with E-state index >= 15 is 0 Å². The topological polar surface area (TPSA) is 30.5 Å². The van der Waals surface area contributed by atoms with Crippen LogP contribution in [0.25, 0.3) is 0 Å². The Bertz CT molecular complexity index is 454. The number of hydrogen-bond acceptors (Lipinski definition) is 3. The minimum atomic E-state index is -4.38. The molecule has 0 radical (unpaired) electrons. The minimum Gasteiger partial charge on any atom is -0.496 e. The monoisotopic (exact) mass is 359 g/mol. The molecule has 0 spiro atoms. The van der Waals surface area contributed by atoms with E-state index in [1.54, 1.807) is 7.05 Å². The first-order valence-electron chi connectivity index (χ1n) is 5.63. The van der Waals surface area contributed by atoms with Crippen LogP contribution in [-0.2, 0) is 4.74 Å². The molecule has 1 aromatic carbocycles. The Labute approximate surface area is 122 Å². The molecule has 0 aromatic heterocycles. The third-order valence-corrected chi connectivity index (χ3v) is 3.15. The van der Waals surface area contributed by atoms with Crippen molar-refractivity contribution in [3.63, 3.8) is 0 Å². The first-order valence-corrected chi connectivity index (χ1v) is 6.42. The summed E-state index contributed by atoms with van der Waals surface area (Å²) >= 11 is 3.03. The SMILES string of the molecule is CNC(COCC(F)(F)F)c1cc(Br)c(F)cc1OC. The molecule has 0 saturated heterocycles. The molecule has 0 saturated carbocycles. The fraction of sp³-hybridized carbons (Fsp3) is 0.500. The van der Waals surface area contributed by atoms with E-state index in [0.29, 0.717) is 5.56 Å². The Morgan fingerprint density at radius 2 is 2.00 bits per heavy atom.